The summed E-state index contributed by atoms with van der Waals surface area (Å²) >= 11 is 0. The predicted molar refractivity (Wildman–Crippen MR) is 90.5 cm³/mol. The molecule has 0 radical (unpaired) electrons. The largest absolute Gasteiger partial charge is 0.366 e. The summed E-state index contributed by atoms with van der Waals surface area (Å²) in [6, 6.07) is 11.2. The van der Waals surface area contributed by atoms with Gasteiger partial charge >= 0.3 is 0 Å². The van der Waals surface area contributed by atoms with Gasteiger partial charge in [0.25, 0.3) is 0 Å². The lowest BCUT2D eigenvalue weighted by Crippen LogP contribution is -2.14. The highest BCUT2D eigenvalue weighted by atomic mass is 15.3. The molecule has 3 fully saturated rings. The van der Waals surface area contributed by atoms with Gasteiger partial charge in [0.05, 0.1) is 11.2 Å². The fraction of sp³-hybridized carbons (Fsp3) is 0.474. The number of benzene rings is 1. The minimum Gasteiger partial charge on any atom is -0.366 e. The van der Waals surface area contributed by atoms with Gasteiger partial charge < -0.3 is 5.32 Å². The minimum atomic E-state index is 0.656. The van der Waals surface area contributed by atoms with Crippen molar-refractivity contribution in [2.75, 3.05) is 5.32 Å². The van der Waals surface area contributed by atoms with Gasteiger partial charge in [-0.3, -0.25) is 0 Å². The standard InChI is InChI=1S/C19H20N4/c1-10-8-15-20-19(13-4-2-3-5-14(13)23(15)22-10)21-18-16-11-6-7-12(9-11)17(16)18/h2-5,8,11-12,16-18H,6-7,9H2,1H3,(H,20,21). The SMILES string of the molecule is Cc1cc2nc(NC3C4C5CCC(C5)C34)c3ccccc3n2n1. The van der Waals surface area contributed by atoms with Gasteiger partial charge in [-0.15, -0.1) is 0 Å². The van der Waals surface area contributed by atoms with E-state index in [4.69, 9.17) is 4.98 Å². The lowest BCUT2D eigenvalue weighted by atomic mass is 10.0. The van der Waals surface area contributed by atoms with Gasteiger partial charge in [-0.25, -0.2) is 9.50 Å². The Balaban J connectivity index is 1.46. The van der Waals surface area contributed by atoms with Gasteiger partial charge in [0.15, 0.2) is 5.65 Å². The molecule has 2 aromatic heterocycles. The molecule has 116 valence electrons. The number of hydrogen-bond acceptors (Lipinski definition) is 3. The Hall–Kier alpha value is -2.10. The average molecular weight is 304 g/mol. The molecule has 23 heavy (non-hydrogen) atoms. The molecule has 3 saturated carbocycles. The second-order valence-electron chi connectivity index (χ2n) is 7.69. The van der Waals surface area contributed by atoms with Crippen LogP contribution in [0.3, 0.4) is 0 Å². The normalized spacial score (nSPS) is 34.2. The fourth-order valence-electron chi connectivity index (χ4n) is 5.56. The maximum absolute atomic E-state index is 4.89. The van der Waals surface area contributed by atoms with E-state index in [-0.39, 0.29) is 0 Å². The molecule has 3 aromatic rings. The average Bonchev–Trinajstić information content (AvgIpc) is 2.92. The summed E-state index contributed by atoms with van der Waals surface area (Å²) in [6.07, 6.45) is 4.40. The summed E-state index contributed by atoms with van der Waals surface area (Å²) in [4.78, 5) is 4.89. The Kier molecular flexibility index (Phi) is 2.17. The van der Waals surface area contributed by atoms with Crippen LogP contribution in [0.2, 0.25) is 0 Å². The first kappa shape index (κ1) is 12.3. The lowest BCUT2D eigenvalue weighted by molar-refractivity contribution is 0.456. The van der Waals surface area contributed by atoms with Crippen molar-refractivity contribution < 1.29 is 0 Å². The van der Waals surface area contributed by atoms with Crippen molar-refractivity contribution >= 4 is 22.4 Å². The Morgan fingerprint density at radius 1 is 1.13 bits per heavy atom. The van der Waals surface area contributed by atoms with Crippen LogP contribution in [0, 0.1) is 30.6 Å². The highest BCUT2D eigenvalue weighted by molar-refractivity contribution is 5.91. The molecule has 1 aromatic carbocycles. The first-order chi connectivity index (χ1) is 11.3. The molecule has 2 bridgehead atoms. The molecule has 1 N–H and O–H groups in total. The van der Waals surface area contributed by atoms with Gasteiger partial charge in [0, 0.05) is 17.5 Å². The topological polar surface area (TPSA) is 42.2 Å². The van der Waals surface area contributed by atoms with Crippen LogP contribution in [0.5, 0.6) is 0 Å². The Morgan fingerprint density at radius 3 is 2.74 bits per heavy atom. The maximum Gasteiger partial charge on any atom is 0.158 e. The Morgan fingerprint density at radius 2 is 1.91 bits per heavy atom. The first-order valence-corrected chi connectivity index (χ1v) is 8.81. The van der Waals surface area contributed by atoms with E-state index in [0.717, 1.165) is 46.3 Å². The molecule has 6 rings (SSSR count). The van der Waals surface area contributed by atoms with Gasteiger partial charge in [0.1, 0.15) is 5.82 Å². The quantitative estimate of drug-likeness (QED) is 0.786. The molecule has 4 unspecified atom stereocenters. The van der Waals surface area contributed by atoms with E-state index in [1.54, 1.807) is 0 Å². The van der Waals surface area contributed by atoms with Crippen LogP contribution in [0.15, 0.2) is 30.3 Å². The number of para-hydroxylation sites is 1. The number of rotatable bonds is 2. The summed E-state index contributed by atoms with van der Waals surface area (Å²) in [5, 5.41) is 9.59. The van der Waals surface area contributed by atoms with Crippen LogP contribution in [0.4, 0.5) is 5.82 Å². The van der Waals surface area contributed by atoms with Crippen molar-refractivity contribution in [3.8, 4) is 0 Å². The van der Waals surface area contributed by atoms with E-state index in [1.165, 1.54) is 24.6 Å². The van der Waals surface area contributed by atoms with E-state index >= 15 is 0 Å². The second kappa shape index (κ2) is 4.05. The fourth-order valence-corrected chi connectivity index (χ4v) is 5.56. The monoisotopic (exact) mass is 304 g/mol. The van der Waals surface area contributed by atoms with E-state index < -0.39 is 0 Å². The first-order valence-electron chi connectivity index (χ1n) is 8.81. The van der Waals surface area contributed by atoms with Crippen molar-refractivity contribution in [3.63, 3.8) is 0 Å². The van der Waals surface area contributed by atoms with Crippen molar-refractivity contribution in [1.82, 2.24) is 14.6 Å². The number of fused-ring (bicyclic) bond motifs is 8. The number of aromatic nitrogens is 3. The van der Waals surface area contributed by atoms with E-state index in [2.05, 4.69) is 40.7 Å². The van der Waals surface area contributed by atoms with Gasteiger partial charge in [-0.1, -0.05) is 12.1 Å². The van der Waals surface area contributed by atoms with Crippen LogP contribution in [-0.4, -0.2) is 20.6 Å². The van der Waals surface area contributed by atoms with Crippen LogP contribution >= 0.6 is 0 Å². The zero-order valence-electron chi connectivity index (χ0n) is 13.2. The molecule has 0 saturated heterocycles. The van der Waals surface area contributed by atoms with Crippen LogP contribution in [0.1, 0.15) is 25.0 Å². The third-order valence-electron chi connectivity index (χ3n) is 6.47. The van der Waals surface area contributed by atoms with E-state index in [0.29, 0.717) is 6.04 Å². The highest BCUT2D eigenvalue weighted by Gasteiger charge is 2.65. The van der Waals surface area contributed by atoms with Gasteiger partial charge in [0.2, 0.25) is 0 Å². The van der Waals surface area contributed by atoms with Crippen molar-refractivity contribution in [2.24, 2.45) is 23.7 Å². The lowest BCUT2D eigenvalue weighted by Gasteiger charge is -2.13. The van der Waals surface area contributed by atoms with Crippen molar-refractivity contribution in [3.05, 3.63) is 36.0 Å². The Bertz CT molecular complexity index is 927. The number of hydrogen-bond donors (Lipinski definition) is 1. The number of nitrogens with one attached hydrogen (secondary N) is 1. The smallest absolute Gasteiger partial charge is 0.158 e. The van der Waals surface area contributed by atoms with E-state index in [9.17, 15) is 0 Å². The third-order valence-corrected chi connectivity index (χ3v) is 6.47. The molecule has 0 spiro atoms. The molecule has 2 heterocycles. The molecule has 4 heteroatoms. The molecule has 3 aliphatic rings. The van der Waals surface area contributed by atoms with Crippen LogP contribution in [-0.2, 0) is 0 Å². The van der Waals surface area contributed by atoms with Crippen LogP contribution in [0.25, 0.3) is 16.6 Å². The molecule has 0 aliphatic heterocycles. The van der Waals surface area contributed by atoms with E-state index in [1.807, 2.05) is 11.4 Å². The summed E-state index contributed by atoms with van der Waals surface area (Å²) in [7, 11) is 0. The van der Waals surface area contributed by atoms with Crippen molar-refractivity contribution in [1.29, 1.82) is 0 Å². The summed E-state index contributed by atoms with van der Waals surface area (Å²) < 4.78 is 1.97. The molecule has 4 nitrogen and oxygen atoms in total. The molecule has 0 amide bonds. The van der Waals surface area contributed by atoms with Gasteiger partial charge in [-0.2, -0.15) is 5.10 Å². The maximum atomic E-state index is 4.89. The van der Waals surface area contributed by atoms with Crippen molar-refractivity contribution in [2.45, 2.75) is 32.2 Å². The number of anilines is 1. The molecular weight excluding hydrogens is 284 g/mol. The predicted octanol–water partition coefficient (Wildman–Crippen LogP) is 3.65. The number of nitrogens with zero attached hydrogens (tertiary/aromatic N) is 3. The zero-order chi connectivity index (χ0) is 15.1. The Labute approximate surface area is 134 Å². The molecular formula is C19H20N4. The summed E-state index contributed by atoms with van der Waals surface area (Å²) in [5.74, 6) is 4.84. The molecule has 3 aliphatic carbocycles. The molecule has 4 atom stereocenters. The van der Waals surface area contributed by atoms with Crippen LogP contribution < -0.4 is 5.32 Å². The summed E-state index contributed by atoms with van der Waals surface area (Å²) in [6.45, 7) is 2.03. The zero-order valence-corrected chi connectivity index (χ0v) is 13.2. The second-order valence-corrected chi connectivity index (χ2v) is 7.69. The highest BCUT2D eigenvalue weighted by Crippen LogP contribution is 2.66. The third kappa shape index (κ3) is 1.56. The van der Waals surface area contributed by atoms with Gasteiger partial charge in [-0.05, 0) is 62.0 Å². The number of aryl methyl sites for hydroxylation is 1. The summed E-state index contributed by atoms with van der Waals surface area (Å²) in [5.41, 5.74) is 3.10. The minimum absolute atomic E-state index is 0.656.